The van der Waals surface area contributed by atoms with Crippen LogP contribution in [0.3, 0.4) is 0 Å². The van der Waals surface area contributed by atoms with E-state index in [1.54, 1.807) is 5.56 Å². The minimum atomic E-state index is 0.588. The number of hydrogen-bond acceptors (Lipinski definition) is 1. The Morgan fingerprint density at radius 2 is 1.90 bits per heavy atom. The zero-order chi connectivity index (χ0) is 14.7. The second-order valence-corrected chi connectivity index (χ2v) is 7.07. The van der Waals surface area contributed by atoms with Crippen molar-refractivity contribution in [2.75, 3.05) is 6.54 Å². The molecule has 112 valence electrons. The van der Waals surface area contributed by atoms with Crippen LogP contribution in [-0.4, -0.2) is 13.3 Å². The SMILES string of the molecule is C=C(C)B1CCC(c2cccc(C3CCCCN3)c2)CC1. The largest absolute Gasteiger partial charge is 0.310 e. The number of rotatable bonds is 3. The van der Waals surface area contributed by atoms with Gasteiger partial charge in [-0.15, -0.1) is 12.1 Å². The summed E-state index contributed by atoms with van der Waals surface area (Å²) in [6.07, 6.45) is 9.31. The summed E-state index contributed by atoms with van der Waals surface area (Å²) in [4.78, 5) is 0. The summed E-state index contributed by atoms with van der Waals surface area (Å²) in [5.74, 6) is 0.768. The Labute approximate surface area is 130 Å². The van der Waals surface area contributed by atoms with Crippen LogP contribution in [0.4, 0.5) is 0 Å². The molecule has 2 heteroatoms. The van der Waals surface area contributed by atoms with Crippen molar-refractivity contribution < 1.29 is 0 Å². The third-order valence-corrected chi connectivity index (χ3v) is 5.52. The monoisotopic (exact) mass is 281 g/mol. The third kappa shape index (κ3) is 3.60. The first-order valence-electron chi connectivity index (χ1n) is 8.72. The Hall–Kier alpha value is -1.02. The van der Waals surface area contributed by atoms with Crippen molar-refractivity contribution in [2.45, 2.75) is 63.6 Å². The smallest absolute Gasteiger partial charge is 0.169 e. The van der Waals surface area contributed by atoms with Crippen LogP contribution in [0.2, 0.25) is 12.6 Å². The fourth-order valence-electron chi connectivity index (χ4n) is 4.09. The van der Waals surface area contributed by atoms with Gasteiger partial charge in [0.25, 0.3) is 0 Å². The van der Waals surface area contributed by atoms with E-state index in [4.69, 9.17) is 0 Å². The van der Waals surface area contributed by atoms with Gasteiger partial charge in [0.2, 0.25) is 0 Å². The fraction of sp³-hybridized carbons (Fsp3) is 0.579. The Bertz CT molecular complexity index is 482. The second kappa shape index (κ2) is 6.83. The maximum absolute atomic E-state index is 4.14. The van der Waals surface area contributed by atoms with Gasteiger partial charge in [-0.2, -0.15) is 0 Å². The second-order valence-electron chi connectivity index (χ2n) is 7.07. The van der Waals surface area contributed by atoms with Crippen molar-refractivity contribution >= 4 is 6.71 Å². The van der Waals surface area contributed by atoms with Crippen LogP contribution in [0.25, 0.3) is 0 Å². The highest BCUT2D eigenvalue weighted by molar-refractivity contribution is 6.66. The number of allylic oxidation sites excluding steroid dienone is 1. The highest BCUT2D eigenvalue weighted by Crippen LogP contribution is 2.36. The molecule has 1 nitrogen and oxygen atoms in total. The molecule has 1 aromatic rings. The number of benzene rings is 1. The van der Waals surface area contributed by atoms with Gasteiger partial charge in [0, 0.05) is 6.04 Å². The first kappa shape index (κ1) is 14.9. The van der Waals surface area contributed by atoms with E-state index in [-0.39, 0.29) is 0 Å². The van der Waals surface area contributed by atoms with Crippen LogP contribution in [0, 0.1) is 0 Å². The van der Waals surface area contributed by atoms with Crippen molar-refractivity contribution in [1.29, 1.82) is 0 Å². The minimum absolute atomic E-state index is 0.588. The molecule has 21 heavy (non-hydrogen) atoms. The van der Waals surface area contributed by atoms with Crippen molar-refractivity contribution in [2.24, 2.45) is 0 Å². The quantitative estimate of drug-likeness (QED) is 0.770. The van der Waals surface area contributed by atoms with Crippen molar-refractivity contribution in [3.63, 3.8) is 0 Å². The summed E-state index contributed by atoms with van der Waals surface area (Å²) >= 11 is 0. The van der Waals surface area contributed by atoms with Gasteiger partial charge < -0.3 is 5.32 Å². The molecule has 2 aliphatic heterocycles. The summed E-state index contributed by atoms with van der Waals surface area (Å²) in [5, 5.41) is 3.68. The van der Waals surface area contributed by atoms with Crippen LogP contribution in [-0.2, 0) is 0 Å². The molecule has 2 heterocycles. The molecule has 3 rings (SSSR count). The van der Waals surface area contributed by atoms with Gasteiger partial charge in [0.05, 0.1) is 0 Å². The summed E-state index contributed by atoms with van der Waals surface area (Å²) in [7, 11) is 0. The van der Waals surface area contributed by atoms with Crippen LogP contribution < -0.4 is 5.32 Å². The van der Waals surface area contributed by atoms with Crippen molar-refractivity contribution in [3.8, 4) is 0 Å². The Balaban J connectivity index is 1.67. The van der Waals surface area contributed by atoms with Gasteiger partial charge in [-0.3, -0.25) is 0 Å². The molecule has 0 aliphatic carbocycles. The van der Waals surface area contributed by atoms with E-state index in [0.717, 1.165) is 12.6 Å². The minimum Gasteiger partial charge on any atom is -0.310 e. The maximum atomic E-state index is 4.14. The van der Waals surface area contributed by atoms with E-state index >= 15 is 0 Å². The zero-order valence-corrected chi connectivity index (χ0v) is 13.4. The highest BCUT2D eigenvalue weighted by atomic mass is 14.9. The maximum Gasteiger partial charge on any atom is 0.169 e. The molecule has 0 aromatic heterocycles. The normalized spacial score (nSPS) is 24.0. The number of hydrogen-bond donors (Lipinski definition) is 1. The molecule has 1 N–H and O–H groups in total. The van der Waals surface area contributed by atoms with E-state index < -0.39 is 0 Å². The molecule has 2 saturated heterocycles. The van der Waals surface area contributed by atoms with E-state index in [9.17, 15) is 0 Å². The first-order chi connectivity index (χ1) is 10.2. The molecule has 0 amide bonds. The Kier molecular flexibility index (Phi) is 4.85. The topological polar surface area (TPSA) is 12.0 Å². The van der Waals surface area contributed by atoms with Gasteiger partial charge in [0.15, 0.2) is 6.71 Å². The van der Waals surface area contributed by atoms with Gasteiger partial charge in [-0.1, -0.05) is 63.1 Å². The molecule has 0 bridgehead atoms. The van der Waals surface area contributed by atoms with Crippen molar-refractivity contribution in [3.05, 3.63) is 47.4 Å². The fourth-order valence-corrected chi connectivity index (χ4v) is 4.09. The Morgan fingerprint density at radius 3 is 2.57 bits per heavy atom. The molecule has 0 saturated carbocycles. The van der Waals surface area contributed by atoms with Crippen LogP contribution >= 0.6 is 0 Å². The molecule has 1 atom stereocenters. The zero-order valence-electron chi connectivity index (χ0n) is 13.4. The predicted octanol–water partition coefficient (Wildman–Crippen LogP) is 4.99. The average Bonchev–Trinajstić information content (AvgIpc) is 2.56. The molecule has 2 aliphatic rings. The third-order valence-electron chi connectivity index (χ3n) is 5.52. The van der Waals surface area contributed by atoms with Crippen LogP contribution in [0.15, 0.2) is 36.3 Å². The van der Waals surface area contributed by atoms with Gasteiger partial charge in [-0.05, 0) is 36.4 Å². The lowest BCUT2D eigenvalue weighted by Gasteiger charge is -2.29. The number of nitrogens with one attached hydrogen (secondary N) is 1. The van der Waals surface area contributed by atoms with E-state index in [0.29, 0.717) is 6.04 Å². The van der Waals surface area contributed by atoms with E-state index in [1.807, 2.05) is 0 Å². The summed E-state index contributed by atoms with van der Waals surface area (Å²) < 4.78 is 0. The lowest BCUT2D eigenvalue weighted by molar-refractivity contribution is 0.412. The van der Waals surface area contributed by atoms with Crippen LogP contribution in [0.5, 0.6) is 0 Å². The van der Waals surface area contributed by atoms with E-state index in [2.05, 4.69) is 43.1 Å². The Morgan fingerprint density at radius 1 is 1.14 bits per heavy atom. The van der Waals surface area contributed by atoms with Gasteiger partial charge in [-0.25, -0.2) is 0 Å². The van der Waals surface area contributed by atoms with E-state index in [1.165, 1.54) is 62.3 Å². The molecule has 1 unspecified atom stereocenters. The standard InChI is InChI=1S/C19H28BN/c1-15(2)20-11-9-16(10-12-20)17-6-5-7-18(14-17)19-8-3-4-13-21-19/h5-7,14,16,19,21H,1,3-4,8-13H2,2H3. The predicted molar refractivity (Wildman–Crippen MR) is 93.2 cm³/mol. The molecular formula is C19H28BN. The summed E-state index contributed by atoms with van der Waals surface area (Å²) in [6, 6.07) is 10.00. The van der Waals surface area contributed by atoms with Gasteiger partial charge in [0.1, 0.15) is 0 Å². The molecule has 0 radical (unpaired) electrons. The van der Waals surface area contributed by atoms with Crippen molar-refractivity contribution in [1.82, 2.24) is 5.32 Å². The number of piperidine rings is 1. The lowest BCUT2D eigenvalue weighted by atomic mass is 9.36. The molecule has 2 fully saturated rings. The molecular weight excluding hydrogens is 253 g/mol. The summed E-state index contributed by atoms with van der Waals surface area (Å²) in [5.41, 5.74) is 4.46. The highest BCUT2D eigenvalue weighted by Gasteiger charge is 2.25. The lowest BCUT2D eigenvalue weighted by Crippen LogP contribution is -2.27. The van der Waals surface area contributed by atoms with Gasteiger partial charge >= 0.3 is 0 Å². The first-order valence-corrected chi connectivity index (χ1v) is 8.72. The van der Waals surface area contributed by atoms with Crippen LogP contribution in [0.1, 0.15) is 62.1 Å². The molecule has 0 spiro atoms. The molecule has 1 aromatic carbocycles. The average molecular weight is 281 g/mol. The summed E-state index contributed by atoms with van der Waals surface area (Å²) in [6.45, 7) is 8.29.